The van der Waals surface area contributed by atoms with Crippen molar-refractivity contribution < 1.29 is 4.74 Å². The normalized spacial score (nSPS) is 15.5. The molecular formula is C21H27N3O. The van der Waals surface area contributed by atoms with Crippen molar-refractivity contribution in [3.8, 4) is 5.75 Å². The number of hydrogen-bond donors (Lipinski definition) is 2. The molecule has 0 atom stereocenters. The third-order valence-corrected chi connectivity index (χ3v) is 4.78. The van der Waals surface area contributed by atoms with Crippen LogP contribution in [-0.2, 0) is 12.0 Å². The van der Waals surface area contributed by atoms with E-state index in [1.54, 1.807) is 0 Å². The summed E-state index contributed by atoms with van der Waals surface area (Å²) < 4.78 is 5.68. The van der Waals surface area contributed by atoms with E-state index in [0.29, 0.717) is 13.2 Å². The van der Waals surface area contributed by atoms with Crippen LogP contribution in [0.5, 0.6) is 5.75 Å². The number of ether oxygens (including phenoxy) is 1. The molecule has 0 radical (unpaired) electrons. The van der Waals surface area contributed by atoms with Gasteiger partial charge in [0.2, 0.25) is 0 Å². The standard InChI is InChI=1S/C21H27N3O/c1-3-25-19-12-8-7-9-17(19)15-23-20(22-2)24-16-21(13-14-21)18-10-5-4-6-11-18/h4-12H,3,13-16H2,1-2H3,(H2,22,23,24). The van der Waals surface area contributed by atoms with E-state index in [4.69, 9.17) is 4.74 Å². The molecule has 1 saturated carbocycles. The lowest BCUT2D eigenvalue weighted by Crippen LogP contribution is -2.40. The summed E-state index contributed by atoms with van der Waals surface area (Å²) in [4.78, 5) is 4.36. The van der Waals surface area contributed by atoms with Crippen molar-refractivity contribution in [3.05, 3.63) is 65.7 Å². The first-order chi connectivity index (χ1) is 12.3. The molecule has 2 N–H and O–H groups in total. The van der Waals surface area contributed by atoms with E-state index in [0.717, 1.165) is 23.8 Å². The molecule has 0 heterocycles. The number of para-hydroxylation sites is 1. The Balaban J connectivity index is 1.56. The Hall–Kier alpha value is -2.49. The molecular weight excluding hydrogens is 310 g/mol. The van der Waals surface area contributed by atoms with Crippen LogP contribution >= 0.6 is 0 Å². The molecule has 4 heteroatoms. The monoisotopic (exact) mass is 337 g/mol. The minimum absolute atomic E-state index is 0.266. The maximum absolute atomic E-state index is 5.68. The Morgan fingerprint density at radius 1 is 1.04 bits per heavy atom. The zero-order valence-corrected chi connectivity index (χ0v) is 15.1. The fraction of sp³-hybridized carbons (Fsp3) is 0.381. The first-order valence-electron chi connectivity index (χ1n) is 8.98. The lowest BCUT2D eigenvalue weighted by molar-refractivity contribution is 0.336. The van der Waals surface area contributed by atoms with E-state index >= 15 is 0 Å². The van der Waals surface area contributed by atoms with Crippen LogP contribution in [0.15, 0.2) is 59.6 Å². The van der Waals surface area contributed by atoms with Crippen molar-refractivity contribution >= 4 is 5.96 Å². The molecule has 1 aliphatic rings. The van der Waals surface area contributed by atoms with Gasteiger partial charge >= 0.3 is 0 Å². The molecule has 2 aromatic rings. The van der Waals surface area contributed by atoms with E-state index in [2.05, 4.69) is 52.0 Å². The van der Waals surface area contributed by atoms with Gasteiger partial charge in [0.25, 0.3) is 0 Å². The molecule has 2 aromatic carbocycles. The molecule has 4 nitrogen and oxygen atoms in total. The predicted molar refractivity (Wildman–Crippen MR) is 103 cm³/mol. The third kappa shape index (κ3) is 4.32. The molecule has 0 amide bonds. The Morgan fingerprint density at radius 2 is 1.76 bits per heavy atom. The van der Waals surface area contributed by atoms with Crippen LogP contribution < -0.4 is 15.4 Å². The highest BCUT2D eigenvalue weighted by molar-refractivity contribution is 5.79. The van der Waals surface area contributed by atoms with Crippen LogP contribution in [0.4, 0.5) is 0 Å². The summed E-state index contributed by atoms with van der Waals surface area (Å²) in [6, 6.07) is 18.9. The van der Waals surface area contributed by atoms with Gasteiger partial charge in [-0.15, -0.1) is 0 Å². The lowest BCUT2D eigenvalue weighted by atomic mass is 9.96. The van der Waals surface area contributed by atoms with Crippen LogP contribution in [0.3, 0.4) is 0 Å². The lowest BCUT2D eigenvalue weighted by Gasteiger charge is -2.19. The smallest absolute Gasteiger partial charge is 0.191 e. The van der Waals surface area contributed by atoms with Gasteiger partial charge in [0, 0.05) is 31.1 Å². The number of hydrogen-bond acceptors (Lipinski definition) is 2. The van der Waals surface area contributed by atoms with Gasteiger partial charge in [0.05, 0.1) is 6.61 Å². The molecule has 25 heavy (non-hydrogen) atoms. The molecule has 1 fully saturated rings. The molecule has 0 bridgehead atoms. The second kappa shape index (κ2) is 8.06. The van der Waals surface area contributed by atoms with E-state index in [-0.39, 0.29) is 5.41 Å². The third-order valence-electron chi connectivity index (χ3n) is 4.78. The van der Waals surface area contributed by atoms with E-state index in [1.807, 2.05) is 32.2 Å². The number of nitrogens with zero attached hydrogens (tertiary/aromatic N) is 1. The largest absolute Gasteiger partial charge is 0.494 e. The quantitative estimate of drug-likeness (QED) is 0.600. The van der Waals surface area contributed by atoms with Crippen LogP contribution in [0, 0.1) is 0 Å². The van der Waals surface area contributed by atoms with Gasteiger partial charge < -0.3 is 15.4 Å². The van der Waals surface area contributed by atoms with Gasteiger partial charge in [-0.05, 0) is 31.4 Å². The van der Waals surface area contributed by atoms with Gasteiger partial charge in [-0.2, -0.15) is 0 Å². The van der Waals surface area contributed by atoms with Crippen LogP contribution in [-0.4, -0.2) is 26.2 Å². The number of rotatable bonds is 7. The van der Waals surface area contributed by atoms with Gasteiger partial charge in [0.1, 0.15) is 5.75 Å². The van der Waals surface area contributed by atoms with Gasteiger partial charge in [0.15, 0.2) is 5.96 Å². The van der Waals surface area contributed by atoms with Crippen molar-refractivity contribution in [1.82, 2.24) is 10.6 Å². The molecule has 3 rings (SSSR count). The molecule has 0 unspecified atom stereocenters. The Bertz CT molecular complexity index is 708. The minimum Gasteiger partial charge on any atom is -0.494 e. The Labute approximate surface area is 150 Å². The summed E-state index contributed by atoms with van der Waals surface area (Å²) in [5, 5.41) is 6.89. The number of aliphatic imine (C=N–C) groups is 1. The molecule has 1 aliphatic carbocycles. The van der Waals surface area contributed by atoms with Crippen LogP contribution in [0.2, 0.25) is 0 Å². The van der Waals surface area contributed by atoms with Crippen molar-refractivity contribution in [2.24, 2.45) is 4.99 Å². The zero-order chi connectivity index (χ0) is 17.5. The zero-order valence-electron chi connectivity index (χ0n) is 15.1. The highest BCUT2D eigenvalue weighted by Crippen LogP contribution is 2.47. The van der Waals surface area contributed by atoms with Gasteiger partial charge in [-0.25, -0.2) is 0 Å². The van der Waals surface area contributed by atoms with E-state index < -0.39 is 0 Å². The first-order valence-corrected chi connectivity index (χ1v) is 8.98. The molecule has 0 aliphatic heterocycles. The summed E-state index contributed by atoms with van der Waals surface area (Å²) in [5.41, 5.74) is 2.82. The summed E-state index contributed by atoms with van der Waals surface area (Å²) in [7, 11) is 1.81. The average Bonchev–Trinajstić information content (AvgIpc) is 3.45. The second-order valence-electron chi connectivity index (χ2n) is 6.47. The van der Waals surface area contributed by atoms with Crippen molar-refractivity contribution in [2.75, 3.05) is 20.2 Å². The second-order valence-corrected chi connectivity index (χ2v) is 6.47. The Kier molecular flexibility index (Phi) is 5.59. The molecule has 0 saturated heterocycles. The average molecular weight is 337 g/mol. The highest BCUT2D eigenvalue weighted by atomic mass is 16.5. The van der Waals surface area contributed by atoms with Crippen molar-refractivity contribution in [1.29, 1.82) is 0 Å². The summed E-state index contributed by atoms with van der Waals surface area (Å²) in [6.07, 6.45) is 2.46. The highest BCUT2D eigenvalue weighted by Gasteiger charge is 2.43. The van der Waals surface area contributed by atoms with Crippen molar-refractivity contribution in [2.45, 2.75) is 31.7 Å². The SMILES string of the molecule is CCOc1ccccc1CNC(=NC)NCC1(c2ccccc2)CC1. The first kappa shape index (κ1) is 17.3. The predicted octanol–water partition coefficient (Wildman–Crippen LogP) is 3.48. The number of nitrogens with one attached hydrogen (secondary N) is 2. The van der Waals surface area contributed by atoms with Gasteiger partial charge in [-0.1, -0.05) is 48.5 Å². The molecule has 132 valence electrons. The fourth-order valence-electron chi connectivity index (χ4n) is 3.11. The van der Waals surface area contributed by atoms with E-state index in [9.17, 15) is 0 Å². The van der Waals surface area contributed by atoms with E-state index in [1.165, 1.54) is 18.4 Å². The number of guanidine groups is 1. The molecule has 0 spiro atoms. The van der Waals surface area contributed by atoms with Crippen LogP contribution in [0.1, 0.15) is 30.9 Å². The topological polar surface area (TPSA) is 45.6 Å². The number of benzene rings is 2. The maximum Gasteiger partial charge on any atom is 0.191 e. The van der Waals surface area contributed by atoms with Crippen molar-refractivity contribution in [3.63, 3.8) is 0 Å². The fourth-order valence-corrected chi connectivity index (χ4v) is 3.11. The maximum atomic E-state index is 5.68. The summed E-state index contributed by atoms with van der Waals surface area (Å²) in [5.74, 6) is 1.75. The van der Waals surface area contributed by atoms with Crippen LogP contribution in [0.25, 0.3) is 0 Å². The minimum atomic E-state index is 0.266. The molecule has 0 aromatic heterocycles. The van der Waals surface area contributed by atoms with Gasteiger partial charge in [-0.3, -0.25) is 4.99 Å². The summed E-state index contributed by atoms with van der Waals surface area (Å²) >= 11 is 0. The summed E-state index contributed by atoms with van der Waals surface area (Å²) in [6.45, 7) is 4.27. The Morgan fingerprint density at radius 3 is 2.44 bits per heavy atom.